The Kier molecular flexibility index (Phi) is 4.83. The Morgan fingerprint density at radius 3 is 2.94 bits per heavy atom. The molecule has 0 spiro atoms. The van der Waals surface area contributed by atoms with Crippen molar-refractivity contribution >= 4 is 33.3 Å². The zero-order valence-electron chi connectivity index (χ0n) is 10.3. The Morgan fingerprint density at radius 2 is 2.24 bits per heavy atom. The summed E-state index contributed by atoms with van der Waals surface area (Å²) in [6, 6.07) is 8.91. The summed E-state index contributed by atoms with van der Waals surface area (Å²) in [5, 5.41) is 4.63. The molecule has 1 heterocycles. The van der Waals surface area contributed by atoms with Crippen molar-refractivity contribution < 1.29 is 0 Å². The lowest BCUT2D eigenvalue weighted by atomic mass is 10.1. The maximum atomic E-state index is 4.68. The average Bonchev–Trinajstić information content (AvgIpc) is 2.76. The zero-order chi connectivity index (χ0) is 12.1. The number of rotatable bonds is 6. The number of likely N-dealkylation sites (N-methyl/N-ethyl adjacent to an activating group) is 1. The molecule has 0 amide bonds. The summed E-state index contributed by atoms with van der Waals surface area (Å²) < 4.78 is 1.29. The lowest BCUT2D eigenvalue weighted by molar-refractivity contribution is 0.546. The number of thioether (sulfide) groups is 1. The van der Waals surface area contributed by atoms with Gasteiger partial charge in [-0.05, 0) is 37.6 Å². The molecule has 2 nitrogen and oxygen atoms in total. The molecule has 0 radical (unpaired) electrons. The van der Waals surface area contributed by atoms with Gasteiger partial charge < -0.3 is 5.32 Å². The van der Waals surface area contributed by atoms with Crippen molar-refractivity contribution in [3.63, 3.8) is 0 Å². The Balaban J connectivity index is 2.06. The van der Waals surface area contributed by atoms with E-state index in [0.717, 1.165) is 11.9 Å². The highest BCUT2D eigenvalue weighted by molar-refractivity contribution is 7.98. The van der Waals surface area contributed by atoms with Gasteiger partial charge >= 0.3 is 0 Å². The van der Waals surface area contributed by atoms with Crippen molar-refractivity contribution in [1.82, 2.24) is 10.3 Å². The summed E-state index contributed by atoms with van der Waals surface area (Å²) in [5.74, 6) is 1.20. The first-order valence-corrected chi connectivity index (χ1v) is 8.05. The van der Waals surface area contributed by atoms with Crippen molar-refractivity contribution in [2.45, 2.75) is 18.9 Å². The summed E-state index contributed by atoms with van der Waals surface area (Å²) >= 11 is 3.72. The Labute approximate surface area is 111 Å². The van der Waals surface area contributed by atoms with E-state index < -0.39 is 0 Å². The summed E-state index contributed by atoms with van der Waals surface area (Å²) in [7, 11) is 2.04. The summed E-state index contributed by atoms with van der Waals surface area (Å²) in [6.07, 6.45) is 4.40. The molecule has 1 atom stereocenters. The van der Waals surface area contributed by atoms with Crippen molar-refractivity contribution in [3.05, 3.63) is 29.3 Å². The van der Waals surface area contributed by atoms with Gasteiger partial charge in [0.05, 0.1) is 15.2 Å². The minimum Gasteiger partial charge on any atom is -0.317 e. The molecule has 0 aliphatic heterocycles. The largest absolute Gasteiger partial charge is 0.317 e. The third-order valence-corrected chi connectivity index (χ3v) is 4.54. The van der Waals surface area contributed by atoms with E-state index in [1.54, 1.807) is 0 Å². The highest BCUT2D eigenvalue weighted by Gasteiger charge is 2.10. The van der Waals surface area contributed by atoms with Gasteiger partial charge in [-0.15, -0.1) is 11.3 Å². The number of aromatic nitrogens is 1. The zero-order valence-corrected chi connectivity index (χ0v) is 11.9. The topological polar surface area (TPSA) is 24.9 Å². The fourth-order valence-corrected chi connectivity index (χ4v) is 3.39. The first-order valence-electron chi connectivity index (χ1n) is 5.84. The molecule has 0 fully saturated rings. The second kappa shape index (κ2) is 6.38. The maximum absolute atomic E-state index is 4.68. The minimum absolute atomic E-state index is 0.544. The van der Waals surface area contributed by atoms with Crippen LogP contribution in [0.3, 0.4) is 0 Å². The minimum atomic E-state index is 0.544. The van der Waals surface area contributed by atoms with Crippen LogP contribution in [-0.2, 0) is 6.42 Å². The summed E-state index contributed by atoms with van der Waals surface area (Å²) in [5.41, 5.74) is 1.13. The van der Waals surface area contributed by atoms with Gasteiger partial charge in [-0.25, -0.2) is 4.98 Å². The third-order valence-electron chi connectivity index (χ3n) is 2.84. The molecule has 0 aliphatic rings. The number of thiazole rings is 1. The molecule has 0 bridgehead atoms. The van der Waals surface area contributed by atoms with E-state index in [9.17, 15) is 0 Å². The van der Waals surface area contributed by atoms with Gasteiger partial charge in [0.15, 0.2) is 0 Å². The van der Waals surface area contributed by atoms with Crippen LogP contribution >= 0.6 is 23.1 Å². The van der Waals surface area contributed by atoms with Crippen molar-refractivity contribution in [2.24, 2.45) is 0 Å². The monoisotopic (exact) mass is 266 g/mol. The first-order chi connectivity index (χ1) is 8.33. The van der Waals surface area contributed by atoms with E-state index in [2.05, 4.69) is 40.8 Å². The Morgan fingerprint density at radius 1 is 1.41 bits per heavy atom. The molecular weight excluding hydrogens is 248 g/mol. The SMILES string of the molecule is CNC(CCSC)Cc1nc2ccccc2s1. The van der Waals surface area contributed by atoms with E-state index >= 15 is 0 Å². The van der Waals surface area contributed by atoms with Crippen LogP contribution in [0.5, 0.6) is 0 Å². The van der Waals surface area contributed by atoms with Gasteiger partial charge in [-0.2, -0.15) is 11.8 Å². The highest BCUT2D eigenvalue weighted by atomic mass is 32.2. The van der Waals surface area contributed by atoms with Crippen molar-refractivity contribution in [3.8, 4) is 0 Å². The summed E-state index contributed by atoms with van der Waals surface area (Å²) in [6.45, 7) is 0. The molecule has 1 aromatic heterocycles. The van der Waals surface area contributed by atoms with E-state index in [0.29, 0.717) is 6.04 Å². The van der Waals surface area contributed by atoms with Gasteiger partial charge in [0.2, 0.25) is 0 Å². The van der Waals surface area contributed by atoms with Crippen LogP contribution in [-0.4, -0.2) is 30.1 Å². The molecule has 1 aromatic carbocycles. The number of hydrogen-bond donors (Lipinski definition) is 1. The number of nitrogens with zero attached hydrogens (tertiary/aromatic N) is 1. The maximum Gasteiger partial charge on any atom is 0.0954 e. The standard InChI is InChI=1S/C13H18N2S2/c1-14-10(7-8-16-2)9-13-15-11-5-3-4-6-12(11)17-13/h3-6,10,14H,7-9H2,1-2H3. The molecule has 1 unspecified atom stereocenters. The van der Waals surface area contributed by atoms with Gasteiger partial charge in [0.1, 0.15) is 0 Å². The number of nitrogens with one attached hydrogen (secondary N) is 1. The van der Waals surface area contributed by atoms with Gasteiger partial charge in [0, 0.05) is 12.5 Å². The quantitative estimate of drug-likeness (QED) is 0.869. The van der Waals surface area contributed by atoms with Crippen LogP contribution in [0.4, 0.5) is 0 Å². The molecule has 4 heteroatoms. The van der Waals surface area contributed by atoms with E-state index in [1.165, 1.54) is 21.9 Å². The van der Waals surface area contributed by atoms with E-state index in [4.69, 9.17) is 0 Å². The molecule has 0 saturated carbocycles. The first kappa shape index (κ1) is 12.9. The molecule has 17 heavy (non-hydrogen) atoms. The smallest absolute Gasteiger partial charge is 0.0954 e. The average molecular weight is 266 g/mol. The fourth-order valence-electron chi connectivity index (χ4n) is 1.83. The lowest BCUT2D eigenvalue weighted by Gasteiger charge is -2.13. The molecule has 92 valence electrons. The molecule has 0 aliphatic carbocycles. The van der Waals surface area contributed by atoms with Crippen molar-refractivity contribution in [2.75, 3.05) is 19.1 Å². The molecular formula is C13H18N2S2. The van der Waals surface area contributed by atoms with E-state index in [1.807, 2.05) is 30.1 Å². The predicted molar refractivity (Wildman–Crippen MR) is 79.2 cm³/mol. The van der Waals surface area contributed by atoms with Gasteiger partial charge in [-0.1, -0.05) is 12.1 Å². The summed E-state index contributed by atoms with van der Waals surface area (Å²) in [4.78, 5) is 4.68. The normalized spacial score (nSPS) is 13.1. The van der Waals surface area contributed by atoms with Crippen molar-refractivity contribution in [1.29, 1.82) is 0 Å². The predicted octanol–water partition coefficient (Wildman–Crippen LogP) is 3.18. The fraction of sp³-hybridized carbons (Fsp3) is 0.462. The Hall–Kier alpha value is -0.580. The molecule has 1 N–H and O–H groups in total. The number of para-hydroxylation sites is 1. The van der Waals surface area contributed by atoms with Crippen LogP contribution in [0.25, 0.3) is 10.2 Å². The number of benzene rings is 1. The molecule has 2 aromatic rings. The van der Waals surface area contributed by atoms with E-state index in [-0.39, 0.29) is 0 Å². The number of hydrogen-bond acceptors (Lipinski definition) is 4. The second-order valence-corrected chi connectivity index (χ2v) is 6.15. The lowest BCUT2D eigenvalue weighted by Crippen LogP contribution is -2.28. The van der Waals surface area contributed by atoms with Gasteiger partial charge in [-0.3, -0.25) is 0 Å². The van der Waals surface area contributed by atoms with Crippen LogP contribution in [0, 0.1) is 0 Å². The second-order valence-electron chi connectivity index (χ2n) is 4.05. The van der Waals surface area contributed by atoms with Crippen LogP contribution in [0.1, 0.15) is 11.4 Å². The molecule has 2 rings (SSSR count). The van der Waals surface area contributed by atoms with Crippen LogP contribution in [0.2, 0.25) is 0 Å². The Bertz CT molecular complexity index is 434. The number of fused-ring (bicyclic) bond motifs is 1. The third kappa shape index (κ3) is 3.44. The van der Waals surface area contributed by atoms with Crippen LogP contribution < -0.4 is 5.32 Å². The highest BCUT2D eigenvalue weighted by Crippen LogP contribution is 2.23. The van der Waals surface area contributed by atoms with Crippen LogP contribution in [0.15, 0.2) is 24.3 Å². The molecule has 0 saturated heterocycles. The van der Waals surface area contributed by atoms with Gasteiger partial charge in [0.25, 0.3) is 0 Å².